The predicted octanol–water partition coefficient (Wildman–Crippen LogP) is 3.52. The van der Waals surface area contributed by atoms with Gasteiger partial charge in [0.05, 0.1) is 11.1 Å². The zero-order valence-corrected chi connectivity index (χ0v) is 16.7. The molecule has 140 valence electrons. The SMILES string of the molecule is CC1CCc2c(sc3nc(SCC(=O)NCc4ccccc4)[nH]c(=O)c23)C1. The Morgan fingerprint density at radius 2 is 2.19 bits per heavy atom. The van der Waals surface area contributed by atoms with E-state index in [9.17, 15) is 9.59 Å². The molecule has 1 aromatic carbocycles. The molecular formula is C20H21N3O2S2. The lowest BCUT2D eigenvalue weighted by molar-refractivity contribution is -0.118. The third-order valence-corrected chi connectivity index (χ3v) is 6.84. The molecule has 0 radical (unpaired) electrons. The molecule has 0 fully saturated rings. The number of nitrogens with zero attached hydrogens (tertiary/aromatic N) is 1. The molecule has 0 spiro atoms. The number of amides is 1. The molecule has 3 aromatic rings. The molecule has 1 aliphatic rings. The van der Waals surface area contributed by atoms with E-state index in [-0.39, 0.29) is 17.2 Å². The molecule has 2 aromatic heterocycles. The maximum absolute atomic E-state index is 12.6. The fourth-order valence-corrected chi connectivity index (χ4v) is 5.51. The fourth-order valence-electron chi connectivity index (χ4n) is 3.38. The molecule has 1 atom stereocenters. The van der Waals surface area contributed by atoms with Crippen molar-refractivity contribution >= 4 is 39.2 Å². The van der Waals surface area contributed by atoms with Gasteiger partial charge in [0.1, 0.15) is 4.83 Å². The number of thiophene rings is 1. The van der Waals surface area contributed by atoms with Crippen LogP contribution in [0.5, 0.6) is 0 Å². The Labute approximate surface area is 165 Å². The average Bonchev–Trinajstić information content (AvgIpc) is 3.03. The van der Waals surface area contributed by atoms with Gasteiger partial charge in [-0.2, -0.15) is 0 Å². The van der Waals surface area contributed by atoms with Crippen LogP contribution >= 0.6 is 23.1 Å². The number of carbonyl (C=O) groups is 1. The van der Waals surface area contributed by atoms with Crippen LogP contribution in [0, 0.1) is 5.92 Å². The lowest BCUT2D eigenvalue weighted by atomic mass is 9.89. The van der Waals surface area contributed by atoms with Crippen LogP contribution in [0.2, 0.25) is 0 Å². The standard InChI is InChI=1S/C20H21N3O2S2/c1-12-7-8-14-15(9-12)27-19-17(14)18(25)22-20(23-19)26-11-16(24)21-10-13-5-3-2-4-6-13/h2-6,12H,7-11H2,1H3,(H,21,24)(H,22,23,25). The molecule has 27 heavy (non-hydrogen) atoms. The van der Waals surface area contributed by atoms with E-state index in [0.717, 1.165) is 35.0 Å². The highest BCUT2D eigenvalue weighted by Crippen LogP contribution is 2.36. The van der Waals surface area contributed by atoms with Gasteiger partial charge in [-0.25, -0.2) is 4.98 Å². The first-order valence-electron chi connectivity index (χ1n) is 9.08. The van der Waals surface area contributed by atoms with Crippen molar-refractivity contribution in [2.24, 2.45) is 5.92 Å². The molecule has 1 unspecified atom stereocenters. The minimum Gasteiger partial charge on any atom is -0.351 e. The number of aryl methyl sites for hydroxylation is 1. The van der Waals surface area contributed by atoms with Crippen LogP contribution in [-0.2, 0) is 24.2 Å². The molecule has 1 aliphatic carbocycles. The van der Waals surface area contributed by atoms with Gasteiger partial charge in [0.25, 0.3) is 5.56 Å². The van der Waals surface area contributed by atoms with E-state index in [1.54, 1.807) is 11.3 Å². The van der Waals surface area contributed by atoms with E-state index >= 15 is 0 Å². The van der Waals surface area contributed by atoms with Crippen molar-refractivity contribution in [3.63, 3.8) is 0 Å². The van der Waals surface area contributed by atoms with Gasteiger partial charge >= 0.3 is 0 Å². The number of benzene rings is 1. The number of aromatic nitrogens is 2. The normalized spacial score (nSPS) is 16.3. The molecule has 7 heteroatoms. The van der Waals surface area contributed by atoms with Crippen molar-refractivity contribution < 1.29 is 4.79 Å². The Morgan fingerprint density at radius 1 is 1.37 bits per heavy atom. The van der Waals surface area contributed by atoms with Gasteiger partial charge in [0.2, 0.25) is 5.91 Å². The monoisotopic (exact) mass is 399 g/mol. The molecular weight excluding hydrogens is 378 g/mol. The Morgan fingerprint density at radius 3 is 3.00 bits per heavy atom. The van der Waals surface area contributed by atoms with Gasteiger partial charge in [-0.1, -0.05) is 49.0 Å². The molecule has 2 heterocycles. The highest BCUT2D eigenvalue weighted by molar-refractivity contribution is 7.99. The van der Waals surface area contributed by atoms with Crippen LogP contribution in [0.15, 0.2) is 40.3 Å². The summed E-state index contributed by atoms with van der Waals surface area (Å²) in [5, 5.41) is 4.15. The van der Waals surface area contributed by atoms with Gasteiger partial charge in [0, 0.05) is 11.4 Å². The van der Waals surface area contributed by atoms with Crippen LogP contribution in [0.4, 0.5) is 0 Å². The molecule has 0 saturated heterocycles. The first-order valence-corrected chi connectivity index (χ1v) is 10.9. The lowest BCUT2D eigenvalue weighted by Gasteiger charge is -2.17. The number of rotatable bonds is 5. The van der Waals surface area contributed by atoms with Gasteiger partial charge in [-0.3, -0.25) is 9.59 Å². The van der Waals surface area contributed by atoms with Crippen LogP contribution in [0.3, 0.4) is 0 Å². The van der Waals surface area contributed by atoms with E-state index in [0.29, 0.717) is 17.6 Å². The second-order valence-corrected chi connectivity index (χ2v) is 9.00. The quantitative estimate of drug-likeness (QED) is 0.508. The Bertz CT molecular complexity index is 1030. The summed E-state index contributed by atoms with van der Waals surface area (Å²) in [6.07, 6.45) is 3.10. The molecule has 0 aliphatic heterocycles. The Balaban J connectivity index is 1.43. The van der Waals surface area contributed by atoms with Gasteiger partial charge in [0.15, 0.2) is 5.16 Å². The summed E-state index contributed by atoms with van der Waals surface area (Å²) in [5.41, 5.74) is 2.15. The van der Waals surface area contributed by atoms with Crippen LogP contribution in [0.1, 0.15) is 29.3 Å². The van der Waals surface area contributed by atoms with Crippen molar-refractivity contribution in [3.8, 4) is 0 Å². The van der Waals surface area contributed by atoms with Crippen molar-refractivity contribution in [3.05, 3.63) is 56.7 Å². The second-order valence-electron chi connectivity index (χ2n) is 6.95. The first kappa shape index (κ1) is 18.3. The molecule has 0 bridgehead atoms. The summed E-state index contributed by atoms with van der Waals surface area (Å²) in [7, 11) is 0. The van der Waals surface area contributed by atoms with E-state index < -0.39 is 0 Å². The number of carbonyl (C=O) groups excluding carboxylic acids is 1. The molecule has 1 amide bonds. The summed E-state index contributed by atoms with van der Waals surface area (Å²) in [6, 6.07) is 9.78. The number of aromatic amines is 1. The second kappa shape index (κ2) is 7.86. The lowest BCUT2D eigenvalue weighted by Crippen LogP contribution is -2.24. The summed E-state index contributed by atoms with van der Waals surface area (Å²) in [4.78, 5) is 34.2. The predicted molar refractivity (Wildman–Crippen MR) is 110 cm³/mol. The summed E-state index contributed by atoms with van der Waals surface area (Å²) in [5.74, 6) is 0.807. The van der Waals surface area contributed by atoms with Crippen LogP contribution in [0.25, 0.3) is 10.2 Å². The number of hydrogen-bond acceptors (Lipinski definition) is 5. The van der Waals surface area contributed by atoms with E-state index in [2.05, 4.69) is 22.2 Å². The number of H-pyrrole nitrogens is 1. The van der Waals surface area contributed by atoms with Crippen molar-refractivity contribution in [1.82, 2.24) is 15.3 Å². The maximum Gasteiger partial charge on any atom is 0.260 e. The molecule has 2 N–H and O–H groups in total. The van der Waals surface area contributed by atoms with Crippen molar-refractivity contribution in [2.45, 2.75) is 37.9 Å². The maximum atomic E-state index is 12.6. The van der Waals surface area contributed by atoms with E-state index in [1.165, 1.54) is 22.2 Å². The van der Waals surface area contributed by atoms with Crippen molar-refractivity contribution in [2.75, 3.05) is 5.75 Å². The number of fused-ring (bicyclic) bond motifs is 3. The summed E-state index contributed by atoms with van der Waals surface area (Å²) < 4.78 is 0. The molecule has 0 saturated carbocycles. The molecule has 4 rings (SSSR count). The number of hydrogen-bond donors (Lipinski definition) is 2. The van der Waals surface area contributed by atoms with Crippen molar-refractivity contribution in [1.29, 1.82) is 0 Å². The van der Waals surface area contributed by atoms with E-state index in [4.69, 9.17) is 0 Å². The minimum atomic E-state index is -0.0840. The highest BCUT2D eigenvalue weighted by atomic mass is 32.2. The topological polar surface area (TPSA) is 74.8 Å². The third-order valence-electron chi connectivity index (χ3n) is 4.82. The average molecular weight is 400 g/mol. The van der Waals surface area contributed by atoms with Crippen LogP contribution in [-0.4, -0.2) is 21.6 Å². The van der Waals surface area contributed by atoms with Gasteiger partial charge < -0.3 is 10.3 Å². The van der Waals surface area contributed by atoms with E-state index in [1.807, 2.05) is 30.3 Å². The van der Waals surface area contributed by atoms with Gasteiger partial charge in [-0.15, -0.1) is 11.3 Å². The summed E-state index contributed by atoms with van der Waals surface area (Å²) >= 11 is 2.90. The zero-order valence-electron chi connectivity index (χ0n) is 15.1. The Hall–Kier alpha value is -2.12. The largest absolute Gasteiger partial charge is 0.351 e. The minimum absolute atomic E-state index is 0.0779. The van der Waals surface area contributed by atoms with Gasteiger partial charge in [-0.05, 0) is 36.3 Å². The molecule has 5 nitrogen and oxygen atoms in total. The summed E-state index contributed by atoms with van der Waals surface area (Å²) in [6.45, 7) is 2.75. The zero-order chi connectivity index (χ0) is 18.8. The third kappa shape index (κ3) is 4.09. The Kier molecular flexibility index (Phi) is 5.31. The smallest absolute Gasteiger partial charge is 0.260 e. The highest BCUT2D eigenvalue weighted by Gasteiger charge is 2.23. The van der Waals surface area contributed by atoms with Crippen LogP contribution < -0.4 is 10.9 Å². The first-order chi connectivity index (χ1) is 13.1. The number of nitrogens with one attached hydrogen (secondary N) is 2. The fraction of sp³-hybridized carbons (Fsp3) is 0.350. The number of thioether (sulfide) groups is 1.